The molecule has 0 aliphatic carbocycles. The quantitative estimate of drug-likeness (QED) is 0.854. The van der Waals surface area contributed by atoms with Crippen LogP contribution in [0, 0.1) is 34.6 Å². The predicted octanol–water partition coefficient (Wildman–Crippen LogP) is 4.73. The van der Waals surface area contributed by atoms with E-state index in [-0.39, 0.29) is 0 Å². The maximum Gasteiger partial charge on any atom is 0.0363 e. The van der Waals surface area contributed by atoms with Crippen LogP contribution in [0.25, 0.3) is 0 Å². The molecule has 0 amide bonds. The summed E-state index contributed by atoms with van der Waals surface area (Å²) in [4.78, 5) is 0. The molecule has 1 atom stereocenters. The van der Waals surface area contributed by atoms with Crippen LogP contribution in [0.1, 0.15) is 45.0 Å². The third-order valence-electron chi connectivity index (χ3n) is 4.49. The molecule has 1 unspecified atom stereocenters. The Hall–Kier alpha value is -1.60. The number of likely N-dealkylation sites (N-methyl/N-ethyl adjacent to an activating group) is 1. The standard InChI is InChI=1S/C20H27N/c1-13-10-16(4)20(17(5)11-13)19(21-6)12-18-14(2)8-7-9-15(18)3/h7-11,19,21H,12H2,1-6H3. The highest BCUT2D eigenvalue weighted by atomic mass is 14.9. The van der Waals surface area contributed by atoms with Crippen LogP contribution in [0.4, 0.5) is 0 Å². The monoisotopic (exact) mass is 281 g/mol. The minimum atomic E-state index is 0.366. The Labute approximate surface area is 129 Å². The van der Waals surface area contributed by atoms with E-state index in [1.807, 2.05) is 0 Å². The van der Waals surface area contributed by atoms with Crippen LogP contribution in [0.15, 0.2) is 30.3 Å². The summed E-state index contributed by atoms with van der Waals surface area (Å²) in [6.07, 6.45) is 1.04. The summed E-state index contributed by atoms with van der Waals surface area (Å²) in [6, 6.07) is 11.5. The third kappa shape index (κ3) is 3.36. The number of hydrogen-bond acceptors (Lipinski definition) is 1. The van der Waals surface area contributed by atoms with Crippen molar-refractivity contribution in [2.24, 2.45) is 0 Å². The second-order valence-corrected chi connectivity index (χ2v) is 6.23. The molecule has 0 saturated carbocycles. The van der Waals surface area contributed by atoms with E-state index in [0.29, 0.717) is 6.04 Å². The molecule has 1 N–H and O–H groups in total. The summed E-state index contributed by atoms with van der Waals surface area (Å²) in [7, 11) is 2.07. The van der Waals surface area contributed by atoms with E-state index in [1.54, 1.807) is 0 Å². The first-order chi connectivity index (χ1) is 9.93. The van der Waals surface area contributed by atoms with Gasteiger partial charge in [-0.3, -0.25) is 0 Å². The van der Waals surface area contributed by atoms with Gasteiger partial charge >= 0.3 is 0 Å². The summed E-state index contributed by atoms with van der Waals surface area (Å²) in [5.41, 5.74) is 9.81. The van der Waals surface area contributed by atoms with Crippen molar-refractivity contribution in [2.45, 2.75) is 47.1 Å². The molecule has 1 heteroatoms. The van der Waals surface area contributed by atoms with Crippen molar-refractivity contribution in [3.05, 3.63) is 69.3 Å². The van der Waals surface area contributed by atoms with Crippen molar-refractivity contribution in [3.8, 4) is 0 Å². The van der Waals surface area contributed by atoms with Gasteiger partial charge in [0.1, 0.15) is 0 Å². The maximum atomic E-state index is 3.52. The average molecular weight is 281 g/mol. The molecule has 2 aromatic rings. The van der Waals surface area contributed by atoms with Gasteiger partial charge in [-0.15, -0.1) is 0 Å². The molecule has 0 spiro atoms. The van der Waals surface area contributed by atoms with E-state index in [0.717, 1.165) is 6.42 Å². The SMILES string of the molecule is CNC(Cc1c(C)cccc1C)c1c(C)cc(C)cc1C. The lowest BCUT2D eigenvalue weighted by atomic mass is 9.88. The van der Waals surface area contributed by atoms with Crippen LogP contribution in [-0.2, 0) is 6.42 Å². The molecule has 0 heterocycles. The van der Waals surface area contributed by atoms with E-state index in [1.165, 1.54) is 38.9 Å². The highest BCUT2D eigenvalue weighted by Gasteiger charge is 2.17. The van der Waals surface area contributed by atoms with Gasteiger partial charge in [-0.05, 0) is 81.5 Å². The lowest BCUT2D eigenvalue weighted by Crippen LogP contribution is -2.22. The van der Waals surface area contributed by atoms with Crippen molar-refractivity contribution in [2.75, 3.05) is 7.05 Å². The zero-order chi connectivity index (χ0) is 15.6. The fraction of sp³-hybridized carbons (Fsp3) is 0.400. The topological polar surface area (TPSA) is 12.0 Å². The number of hydrogen-bond donors (Lipinski definition) is 1. The molecule has 112 valence electrons. The fourth-order valence-corrected chi connectivity index (χ4v) is 3.46. The van der Waals surface area contributed by atoms with Crippen molar-refractivity contribution in [3.63, 3.8) is 0 Å². The van der Waals surface area contributed by atoms with E-state index in [4.69, 9.17) is 0 Å². The zero-order valence-electron chi connectivity index (χ0n) is 14.2. The van der Waals surface area contributed by atoms with Crippen LogP contribution < -0.4 is 5.32 Å². The van der Waals surface area contributed by atoms with Crippen LogP contribution in [0.5, 0.6) is 0 Å². The minimum Gasteiger partial charge on any atom is -0.313 e. The Morgan fingerprint density at radius 3 is 1.86 bits per heavy atom. The minimum absolute atomic E-state index is 0.366. The van der Waals surface area contributed by atoms with E-state index < -0.39 is 0 Å². The lowest BCUT2D eigenvalue weighted by Gasteiger charge is -2.23. The molecular formula is C20H27N. The fourth-order valence-electron chi connectivity index (χ4n) is 3.46. The van der Waals surface area contributed by atoms with Crippen LogP contribution in [0.2, 0.25) is 0 Å². The summed E-state index contributed by atoms with van der Waals surface area (Å²) < 4.78 is 0. The van der Waals surface area contributed by atoms with Crippen LogP contribution >= 0.6 is 0 Å². The highest BCUT2D eigenvalue weighted by molar-refractivity contribution is 5.42. The van der Waals surface area contributed by atoms with Gasteiger partial charge in [0, 0.05) is 6.04 Å². The molecule has 2 aromatic carbocycles. The Balaban J connectivity index is 2.42. The predicted molar refractivity (Wildman–Crippen MR) is 92.1 cm³/mol. The largest absolute Gasteiger partial charge is 0.313 e. The average Bonchev–Trinajstić information content (AvgIpc) is 2.39. The van der Waals surface area contributed by atoms with E-state index in [9.17, 15) is 0 Å². The smallest absolute Gasteiger partial charge is 0.0363 e. The number of nitrogens with one attached hydrogen (secondary N) is 1. The number of aryl methyl sites for hydroxylation is 5. The van der Waals surface area contributed by atoms with Crippen LogP contribution in [-0.4, -0.2) is 7.05 Å². The lowest BCUT2D eigenvalue weighted by molar-refractivity contribution is 0.583. The summed E-state index contributed by atoms with van der Waals surface area (Å²) in [5, 5.41) is 3.52. The third-order valence-corrected chi connectivity index (χ3v) is 4.49. The van der Waals surface area contributed by atoms with Gasteiger partial charge in [-0.25, -0.2) is 0 Å². The number of rotatable bonds is 4. The second kappa shape index (κ2) is 6.44. The summed E-state index contributed by atoms with van der Waals surface area (Å²) >= 11 is 0. The molecule has 21 heavy (non-hydrogen) atoms. The Bertz CT molecular complexity index is 597. The molecule has 0 aromatic heterocycles. The van der Waals surface area contributed by atoms with Crippen molar-refractivity contribution in [1.82, 2.24) is 5.32 Å². The van der Waals surface area contributed by atoms with E-state index >= 15 is 0 Å². The van der Waals surface area contributed by atoms with Gasteiger partial charge in [0.25, 0.3) is 0 Å². The molecule has 2 rings (SSSR count). The number of benzene rings is 2. The van der Waals surface area contributed by atoms with Gasteiger partial charge < -0.3 is 5.32 Å². The first-order valence-electron chi connectivity index (χ1n) is 7.74. The molecule has 0 radical (unpaired) electrons. The van der Waals surface area contributed by atoms with Gasteiger partial charge in [0.05, 0.1) is 0 Å². The van der Waals surface area contributed by atoms with Crippen molar-refractivity contribution >= 4 is 0 Å². The first kappa shape index (κ1) is 15.8. The molecule has 0 bridgehead atoms. The zero-order valence-corrected chi connectivity index (χ0v) is 14.2. The Kier molecular flexibility index (Phi) is 4.84. The van der Waals surface area contributed by atoms with Crippen LogP contribution in [0.3, 0.4) is 0 Å². The van der Waals surface area contributed by atoms with Gasteiger partial charge in [-0.1, -0.05) is 35.9 Å². The Morgan fingerprint density at radius 1 is 0.857 bits per heavy atom. The highest BCUT2D eigenvalue weighted by Crippen LogP contribution is 2.28. The summed E-state index contributed by atoms with van der Waals surface area (Å²) in [6.45, 7) is 11.0. The molecular weight excluding hydrogens is 254 g/mol. The molecule has 0 aliphatic rings. The maximum absolute atomic E-state index is 3.52. The molecule has 1 nitrogen and oxygen atoms in total. The summed E-state index contributed by atoms with van der Waals surface area (Å²) in [5.74, 6) is 0. The van der Waals surface area contributed by atoms with Gasteiger partial charge in [0.15, 0.2) is 0 Å². The van der Waals surface area contributed by atoms with Crippen molar-refractivity contribution < 1.29 is 0 Å². The van der Waals surface area contributed by atoms with Gasteiger partial charge in [0.2, 0.25) is 0 Å². The Morgan fingerprint density at radius 2 is 1.38 bits per heavy atom. The molecule has 0 fully saturated rings. The van der Waals surface area contributed by atoms with Gasteiger partial charge in [-0.2, -0.15) is 0 Å². The normalized spacial score (nSPS) is 12.5. The van der Waals surface area contributed by atoms with E-state index in [2.05, 4.69) is 77.3 Å². The van der Waals surface area contributed by atoms with Crippen molar-refractivity contribution in [1.29, 1.82) is 0 Å². The molecule has 0 aliphatic heterocycles. The molecule has 0 saturated heterocycles. The first-order valence-corrected chi connectivity index (χ1v) is 7.74. The second-order valence-electron chi connectivity index (χ2n) is 6.23.